The van der Waals surface area contributed by atoms with Gasteiger partial charge in [-0.05, 0) is 51.3 Å². The number of hydrogen-bond donors (Lipinski definition) is 1. The predicted molar refractivity (Wildman–Crippen MR) is 105 cm³/mol. The zero-order valence-electron chi connectivity index (χ0n) is 16.0. The summed E-state index contributed by atoms with van der Waals surface area (Å²) in [5.74, 6) is -0.464. The molecule has 1 aliphatic rings. The minimum atomic E-state index is -0.360. The Morgan fingerprint density at radius 3 is 2.19 bits per heavy atom. The van der Waals surface area contributed by atoms with Crippen molar-refractivity contribution in [1.29, 1.82) is 0 Å². The lowest BCUT2D eigenvalue weighted by Crippen LogP contribution is -2.36. The van der Waals surface area contributed by atoms with Crippen molar-refractivity contribution in [3.8, 4) is 0 Å². The average Bonchev–Trinajstić information content (AvgIpc) is 2.64. The maximum atomic E-state index is 12.8. The molecule has 1 N–H and O–H groups in total. The van der Waals surface area contributed by atoms with Crippen LogP contribution < -0.4 is 10.9 Å². The zero-order chi connectivity index (χ0) is 19.6. The fourth-order valence-corrected chi connectivity index (χ4v) is 3.50. The highest BCUT2D eigenvalue weighted by molar-refractivity contribution is 6.05. The standard InChI is InChI=1S/C21H25N3O3/c1-14-9-15(2)11-16(10-14)19(25)22-18-12-17(13-23(3)21(18)27)20(26)24-7-5-4-6-8-24/h9-13H,4-8H2,1-3H3,(H,22,25). The van der Waals surface area contributed by atoms with Gasteiger partial charge in [-0.15, -0.1) is 0 Å². The summed E-state index contributed by atoms with van der Waals surface area (Å²) in [4.78, 5) is 39.6. The molecule has 6 nitrogen and oxygen atoms in total. The highest BCUT2D eigenvalue weighted by Gasteiger charge is 2.20. The molecule has 0 bridgehead atoms. The van der Waals surface area contributed by atoms with E-state index in [-0.39, 0.29) is 23.1 Å². The fraction of sp³-hybridized carbons (Fsp3) is 0.381. The van der Waals surface area contributed by atoms with Gasteiger partial charge in [0, 0.05) is 31.9 Å². The van der Waals surface area contributed by atoms with Gasteiger partial charge < -0.3 is 14.8 Å². The van der Waals surface area contributed by atoms with Crippen molar-refractivity contribution in [1.82, 2.24) is 9.47 Å². The average molecular weight is 367 g/mol. The molecule has 2 amide bonds. The van der Waals surface area contributed by atoms with Gasteiger partial charge in [0.25, 0.3) is 17.4 Å². The van der Waals surface area contributed by atoms with Crippen molar-refractivity contribution in [2.45, 2.75) is 33.1 Å². The Morgan fingerprint density at radius 2 is 1.56 bits per heavy atom. The maximum absolute atomic E-state index is 12.8. The molecule has 2 aromatic rings. The Labute approximate surface area is 158 Å². The number of benzene rings is 1. The van der Waals surface area contributed by atoms with E-state index in [0.717, 1.165) is 43.5 Å². The van der Waals surface area contributed by atoms with Gasteiger partial charge in [-0.25, -0.2) is 0 Å². The second-order valence-electron chi connectivity index (χ2n) is 7.24. The molecule has 1 fully saturated rings. The Balaban J connectivity index is 1.88. The first-order valence-corrected chi connectivity index (χ1v) is 9.25. The van der Waals surface area contributed by atoms with E-state index in [0.29, 0.717) is 11.1 Å². The molecule has 1 aromatic heterocycles. The Kier molecular flexibility index (Phi) is 5.44. The van der Waals surface area contributed by atoms with Crippen molar-refractivity contribution in [3.05, 3.63) is 63.1 Å². The number of rotatable bonds is 3. The normalized spacial score (nSPS) is 14.1. The molecule has 0 aliphatic carbocycles. The minimum Gasteiger partial charge on any atom is -0.339 e. The van der Waals surface area contributed by atoms with Crippen molar-refractivity contribution in [2.75, 3.05) is 18.4 Å². The molecule has 142 valence electrons. The second kappa shape index (κ2) is 7.78. The first-order valence-electron chi connectivity index (χ1n) is 9.25. The van der Waals surface area contributed by atoms with Crippen LogP contribution >= 0.6 is 0 Å². The molecule has 1 aromatic carbocycles. The van der Waals surface area contributed by atoms with E-state index in [1.54, 1.807) is 24.1 Å². The lowest BCUT2D eigenvalue weighted by atomic mass is 10.1. The van der Waals surface area contributed by atoms with E-state index in [2.05, 4.69) is 5.32 Å². The van der Waals surface area contributed by atoms with Crippen LogP contribution in [0.4, 0.5) is 5.69 Å². The van der Waals surface area contributed by atoms with E-state index < -0.39 is 0 Å². The van der Waals surface area contributed by atoms with Crippen molar-refractivity contribution in [3.63, 3.8) is 0 Å². The van der Waals surface area contributed by atoms with E-state index in [4.69, 9.17) is 0 Å². The molecule has 0 spiro atoms. The Morgan fingerprint density at radius 1 is 0.926 bits per heavy atom. The number of nitrogens with one attached hydrogen (secondary N) is 1. The molecule has 0 radical (unpaired) electrons. The number of pyridine rings is 1. The number of piperidine rings is 1. The van der Waals surface area contributed by atoms with Gasteiger partial charge in [-0.2, -0.15) is 0 Å². The van der Waals surface area contributed by atoms with E-state index in [1.165, 1.54) is 16.8 Å². The number of hydrogen-bond acceptors (Lipinski definition) is 3. The predicted octanol–water partition coefficient (Wildman–Crippen LogP) is 2.88. The number of likely N-dealkylation sites (tertiary alicyclic amines) is 1. The highest BCUT2D eigenvalue weighted by Crippen LogP contribution is 2.15. The molecule has 0 saturated carbocycles. The van der Waals surface area contributed by atoms with Crippen LogP contribution in [-0.4, -0.2) is 34.4 Å². The lowest BCUT2D eigenvalue weighted by molar-refractivity contribution is 0.0723. The number of anilines is 1. The smallest absolute Gasteiger partial charge is 0.274 e. The van der Waals surface area contributed by atoms with E-state index in [9.17, 15) is 14.4 Å². The SMILES string of the molecule is Cc1cc(C)cc(C(=O)Nc2cc(C(=O)N3CCCCC3)cn(C)c2=O)c1. The van der Waals surface area contributed by atoms with Crippen LogP contribution in [0.5, 0.6) is 0 Å². The van der Waals surface area contributed by atoms with Crippen LogP contribution in [0.3, 0.4) is 0 Å². The number of aromatic nitrogens is 1. The molecule has 6 heteroatoms. The van der Waals surface area contributed by atoms with Crippen molar-refractivity contribution >= 4 is 17.5 Å². The Bertz CT molecular complexity index is 920. The zero-order valence-corrected chi connectivity index (χ0v) is 16.0. The first kappa shape index (κ1) is 18.9. The third kappa shape index (κ3) is 4.27. The third-order valence-electron chi connectivity index (χ3n) is 4.81. The molecule has 0 atom stereocenters. The summed E-state index contributed by atoms with van der Waals surface area (Å²) in [7, 11) is 1.59. The fourth-order valence-electron chi connectivity index (χ4n) is 3.50. The molecular weight excluding hydrogens is 342 g/mol. The maximum Gasteiger partial charge on any atom is 0.274 e. The molecular formula is C21H25N3O3. The van der Waals surface area contributed by atoms with Gasteiger partial charge in [0.05, 0.1) is 5.56 Å². The van der Waals surface area contributed by atoms with Gasteiger partial charge in [0.2, 0.25) is 0 Å². The molecule has 1 aliphatic heterocycles. The first-order chi connectivity index (χ1) is 12.8. The van der Waals surface area contributed by atoms with Gasteiger partial charge >= 0.3 is 0 Å². The largest absolute Gasteiger partial charge is 0.339 e. The van der Waals surface area contributed by atoms with Gasteiger partial charge in [-0.1, -0.05) is 17.2 Å². The number of aryl methyl sites for hydroxylation is 3. The number of amides is 2. The van der Waals surface area contributed by atoms with Crippen LogP contribution in [0, 0.1) is 13.8 Å². The topological polar surface area (TPSA) is 71.4 Å². The second-order valence-corrected chi connectivity index (χ2v) is 7.24. The number of nitrogens with zero attached hydrogens (tertiary/aromatic N) is 2. The van der Waals surface area contributed by atoms with Crippen molar-refractivity contribution in [2.24, 2.45) is 7.05 Å². The summed E-state index contributed by atoms with van der Waals surface area (Å²) in [5, 5.41) is 2.68. The summed E-state index contributed by atoms with van der Waals surface area (Å²) in [6, 6.07) is 7.01. The highest BCUT2D eigenvalue weighted by atomic mass is 16.2. The van der Waals surface area contributed by atoms with Crippen LogP contribution in [0.25, 0.3) is 0 Å². The molecule has 2 heterocycles. The van der Waals surface area contributed by atoms with Gasteiger partial charge in [0.1, 0.15) is 5.69 Å². The molecule has 0 unspecified atom stereocenters. The number of carbonyl (C=O) groups is 2. The van der Waals surface area contributed by atoms with Crippen LogP contribution in [0.2, 0.25) is 0 Å². The summed E-state index contributed by atoms with van der Waals surface area (Å²) in [6.07, 6.45) is 4.65. The van der Waals surface area contributed by atoms with Crippen LogP contribution in [-0.2, 0) is 7.05 Å². The third-order valence-corrected chi connectivity index (χ3v) is 4.81. The van der Waals surface area contributed by atoms with Crippen LogP contribution in [0.1, 0.15) is 51.1 Å². The molecule has 3 rings (SSSR count). The molecule has 1 saturated heterocycles. The summed E-state index contributed by atoms with van der Waals surface area (Å²) in [6.45, 7) is 5.29. The summed E-state index contributed by atoms with van der Waals surface area (Å²) < 4.78 is 1.34. The molecule has 27 heavy (non-hydrogen) atoms. The summed E-state index contributed by atoms with van der Waals surface area (Å²) in [5.41, 5.74) is 2.62. The van der Waals surface area contributed by atoms with E-state index in [1.807, 2.05) is 19.9 Å². The van der Waals surface area contributed by atoms with Crippen LogP contribution in [0.15, 0.2) is 35.3 Å². The van der Waals surface area contributed by atoms with Gasteiger partial charge in [-0.3, -0.25) is 14.4 Å². The van der Waals surface area contributed by atoms with Gasteiger partial charge in [0.15, 0.2) is 0 Å². The Hall–Kier alpha value is -2.89. The monoisotopic (exact) mass is 367 g/mol. The van der Waals surface area contributed by atoms with Crippen molar-refractivity contribution < 1.29 is 9.59 Å². The lowest BCUT2D eigenvalue weighted by Gasteiger charge is -2.27. The quantitative estimate of drug-likeness (QED) is 0.907. The number of carbonyl (C=O) groups excluding carboxylic acids is 2. The summed E-state index contributed by atoms with van der Waals surface area (Å²) >= 11 is 0. The van der Waals surface area contributed by atoms with E-state index >= 15 is 0 Å². The minimum absolute atomic E-state index is 0.104.